The molecule has 0 spiro atoms. The van der Waals surface area contributed by atoms with E-state index < -0.39 is 35.5 Å². The van der Waals surface area contributed by atoms with Crippen LogP contribution in [0.15, 0.2) is 23.0 Å². The number of aliphatic hydroxyl groups excluding tert-OH is 1. The van der Waals surface area contributed by atoms with Gasteiger partial charge in [0.1, 0.15) is 16.9 Å². The van der Waals surface area contributed by atoms with Crippen molar-refractivity contribution < 1.29 is 18.3 Å². The second-order valence-electron chi connectivity index (χ2n) is 7.08. The van der Waals surface area contributed by atoms with Gasteiger partial charge in [0.15, 0.2) is 5.65 Å². The molecule has 3 rings (SSSR count). The van der Waals surface area contributed by atoms with Crippen LogP contribution in [0.1, 0.15) is 43.1 Å². The SMILES string of the molecule is CC[C@@H](c1ccc(C(C)(F)F)cc1F)n1nc(CO)c2c(=O)[nH]c(N(C)C)nc21. The Morgan fingerprint density at radius 3 is 2.55 bits per heavy atom. The van der Waals surface area contributed by atoms with Crippen molar-refractivity contribution in [3.63, 3.8) is 0 Å². The maximum atomic E-state index is 14.8. The van der Waals surface area contributed by atoms with Gasteiger partial charge in [-0.25, -0.2) is 17.9 Å². The van der Waals surface area contributed by atoms with Crippen molar-refractivity contribution in [3.8, 4) is 0 Å². The number of nitrogens with zero attached hydrogens (tertiary/aromatic N) is 4. The minimum absolute atomic E-state index is 0.105. The lowest BCUT2D eigenvalue weighted by Gasteiger charge is -2.20. The number of halogens is 3. The number of alkyl halides is 2. The molecule has 2 heterocycles. The molecule has 2 aromatic heterocycles. The third kappa shape index (κ3) is 3.71. The van der Waals surface area contributed by atoms with Crippen molar-refractivity contribution >= 4 is 17.0 Å². The molecule has 0 aliphatic heterocycles. The van der Waals surface area contributed by atoms with Gasteiger partial charge in [-0.2, -0.15) is 10.1 Å². The average molecular weight is 409 g/mol. The molecule has 0 saturated carbocycles. The van der Waals surface area contributed by atoms with Crippen molar-refractivity contribution in [1.29, 1.82) is 0 Å². The van der Waals surface area contributed by atoms with E-state index >= 15 is 0 Å². The molecule has 0 fully saturated rings. The van der Waals surface area contributed by atoms with Gasteiger partial charge < -0.3 is 10.0 Å². The molecule has 3 aromatic rings. The maximum absolute atomic E-state index is 14.8. The van der Waals surface area contributed by atoms with E-state index in [1.165, 1.54) is 16.8 Å². The highest BCUT2D eigenvalue weighted by atomic mass is 19.3. The normalized spacial score (nSPS) is 13.1. The number of anilines is 1. The number of benzene rings is 1. The van der Waals surface area contributed by atoms with E-state index in [2.05, 4.69) is 15.1 Å². The monoisotopic (exact) mass is 409 g/mol. The molecule has 0 aliphatic rings. The summed E-state index contributed by atoms with van der Waals surface area (Å²) >= 11 is 0. The molecule has 2 N–H and O–H groups in total. The zero-order valence-electron chi connectivity index (χ0n) is 16.5. The van der Waals surface area contributed by atoms with E-state index in [9.17, 15) is 23.1 Å². The average Bonchev–Trinajstić information content (AvgIpc) is 3.02. The highest BCUT2D eigenvalue weighted by Gasteiger charge is 2.28. The minimum Gasteiger partial charge on any atom is -0.390 e. The van der Waals surface area contributed by atoms with Crippen LogP contribution in [0.5, 0.6) is 0 Å². The molecule has 0 unspecified atom stereocenters. The molecule has 0 aliphatic carbocycles. The molecule has 29 heavy (non-hydrogen) atoms. The lowest BCUT2D eigenvalue weighted by Crippen LogP contribution is -2.20. The zero-order chi connectivity index (χ0) is 21.5. The summed E-state index contributed by atoms with van der Waals surface area (Å²) in [6.07, 6.45) is 0.353. The number of aromatic nitrogens is 4. The quantitative estimate of drug-likeness (QED) is 0.654. The fourth-order valence-corrected chi connectivity index (χ4v) is 3.24. The summed E-state index contributed by atoms with van der Waals surface area (Å²) in [5.74, 6) is -3.70. The Hall–Kier alpha value is -2.88. The van der Waals surface area contributed by atoms with E-state index in [-0.39, 0.29) is 28.2 Å². The van der Waals surface area contributed by atoms with Gasteiger partial charge in [-0.3, -0.25) is 9.78 Å². The summed E-state index contributed by atoms with van der Waals surface area (Å²) < 4.78 is 43.2. The first kappa shape index (κ1) is 20.8. The van der Waals surface area contributed by atoms with Gasteiger partial charge in [0.2, 0.25) is 5.95 Å². The van der Waals surface area contributed by atoms with Crippen LogP contribution in [0, 0.1) is 5.82 Å². The van der Waals surface area contributed by atoms with Gasteiger partial charge in [-0.1, -0.05) is 19.1 Å². The van der Waals surface area contributed by atoms with Gasteiger partial charge in [-0.05, 0) is 12.5 Å². The topological polar surface area (TPSA) is 87.0 Å². The maximum Gasteiger partial charge on any atom is 0.270 e. The highest BCUT2D eigenvalue weighted by molar-refractivity contribution is 5.78. The first-order chi connectivity index (χ1) is 13.6. The van der Waals surface area contributed by atoms with Gasteiger partial charge in [0, 0.05) is 32.1 Å². The Morgan fingerprint density at radius 1 is 1.34 bits per heavy atom. The Labute approximate surface area is 164 Å². The Balaban J connectivity index is 2.24. The Morgan fingerprint density at radius 2 is 2.03 bits per heavy atom. The molecule has 0 amide bonds. The van der Waals surface area contributed by atoms with Crippen molar-refractivity contribution in [2.75, 3.05) is 19.0 Å². The van der Waals surface area contributed by atoms with Crippen LogP contribution in [0.2, 0.25) is 0 Å². The Kier molecular flexibility index (Phi) is 5.40. The number of fused-ring (bicyclic) bond motifs is 1. The summed E-state index contributed by atoms with van der Waals surface area (Å²) in [5, 5.41) is 14.0. The summed E-state index contributed by atoms with van der Waals surface area (Å²) in [7, 11) is 3.39. The smallest absolute Gasteiger partial charge is 0.270 e. The van der Waals surface area contributed by atoms with Crippen LogP contribution in [-0.4, -0.2) is 39.0 Å². The van der Waals surface area contributed by atoms with Crippen LogP contribution in [0.3, 0.4) is 0 Å². The second-order valence-corrected chi connectivity index (χ2v) is 7.08. The van der Waals surface area contributed by atoms with Crippen molar-refractivity contribution in [3.05, 3.63) is 51.2 Å². The second kappa shape index (κ2) is 7.51. The fraction of sp³-hybridized carbons (Fsp3) is 0.421. The molecule has 10 heteroatoms. The third-order valence-corrected chi connectivity index (χ3v) is 4.74. The van der Waals surface area contributed by atoms with E-state index in [4.69, 9.17) is 0 Å². The van der Waals surface area contributed by atoms with Gasteiger partial charge in [-0.15, -0.1) is 0 Å². The molecular formula is C19H22F3N5O2. The Bertz CT molecular complexity index is 1100. The van der Waals surface area contributed by atoms with E-state index in [0.717, 1.165) is 6.07 Å². The van der Waals surface area contributed by atoms with Gasteiger partial charge in [0.25, 0.3) is 11.5 Å². The molecule has 1 atom stereocenters. The zero-order valence-corrected chi connectivity index (χ0v) is 16.5. The predicted molar refractivity (Wildman–Crippen MR) is 103 cm³/mol. The summed E-state index contributed by atoms with van der Waals surface area (Å²) in [6.45, 7) is 1.97. The number of rotatable bonds is 6. The van der Waals surface area contributed by atoms with E-state index in [1.807, 2.05) is 0 Å². The first-order valence-corrected chi connectivity index (χ1v) is 9.05. The number of H-pyrrole nitrogens is 1. The molecule has 156 valence electrons. The van der Waals surface area contributed by atoms with Crippen LogP contribution in [-0.2, 0) is 12.5 Å². The van der Waals surface area contributed by atoms with Crippen LogP contribution in [0.4, 0.5) is 19.1 Å². The van der Waals surface area contributed by atoms with E-state index in [1.54, 1.807) is 25.9 Å². The molecule has 0 saturated heterocycles. The standard InChI is InChI=1S/C19H22F3N5O2/c1-5-14(11-7-6-10(8-12(11)20)19(2,21)22)27-16-15(13(9-28)25-27)17(29)24-18(23-16)26(3)4/h6-8,14,28H,5,9H2,1-4H3,(H,23,24,29)/t14-/m0/s1. The molecular weight excluding hydrogens is 387 g/mol. The summed E-state index contributed by atoms with van der Waals surface area (Å²) in [5.41, 5.74) is -0.486. The predicted octanol–water partition coefficient (Wildman–Crippen LogP) is 2.93. The third-order valence-electron chi connectivity index (χ3n) is 4.74. The largest absolute Gasteiger partial charge is 0.390 e. The van der Waals surface area contributed by atoms with Gasteiger partial charge in [0.05, 0.1) is 12.6 Å². The van der Waals surface area contributed by atoms with Crippen LogP contribution < -0.4 is 10.5 Å². The van der Waals surface area contributed by atoms with E-state index in [0.29, 0.717) is 13.3 Å². The fourth-order valence-electron chi connectivity index (χ4n) is 3.24. The van der Waals surface area contributed by atoms with Crippen molar-refractivity contribution in [1.82, 2.24) is 19.7 Å². The number of nitrogens with one attached hydrogen (secondary N) is 1. The van der Waals surface area contributed by atoms with Crippen LogP contribution >= 0.6 is 0 Å². The lowest BCUT2D eigenvalue weighted by molar-refractivity contribution is 0.0171. The highest BCUT2D eigenvalue weighted by Crippen LogP contribution is 2.32. The molecule has 1 aromatic carbocycles. The van der Waals surface area contributed by atoms with Crippen molar-refractivity contribution in [2.45, 2.75) is 38.8 Å². The minimum atomic E-state index is -3.17. The first-order valence-electron chi connectivity index (χ1n) is 9.05. The van der Waals surface area contributed by atoms with Gasteiger partial charge >= 0.3 is 0 Å². The lowest BCUT2D eigenvalue weighted by atomic mass is 10.00. The number of hydrogen-bond acceptors (Lipinski definition) is 5. The summed E-state index contributed by atoms with van der Waals surface area (Å²) in [4.78, 5) is 21.1. The van der Waals surface area contributed by atoms with Crippen LogP contribution in [0.25, 0.3) is 11.0 Å². The molecule has 0 radical (unpaired) electrons. The summed E-state index contributed by atoms with van der Waals surface area (Å²) in [6, 6.07) is 2.57. The number of aliphatic hydroxyl groups is 1. The van der Waals surface area contributed by atoms with Crippen molar-refractivity contribution in [2.24, 2.45) is 0 Å². The molecule has 0 bridgehead atoms. The molecule has 7 nitrogen and oxygen atoms in total. The number of aromatic amines is 1. The number of hydrogen-bond donors (Lipinski definition) is 2.